The Kier molecular flexibility index (Phi) is 5.93. The zero-order valence-corrected chi connectivity index (χ0v) is 18.9. The first-order valence-electron chi connectivity index (χ1n) is 9.90. The van der Waals surface area contributed by atoms with Crippen LogP contribution in [0.15, 0.2) is 29.4 Å². The minimum atomic E-state index is -0.136. The topological polar surface area (TPSA) is 83.6 Å². The van der Waals surface area contributed by atoms with Gasteiger partial charge in [-0.2, -0.15) is 5.26 Å². The number of nitriles is 1. The van der Waals surface area contributed by atoms with Crippen LogP contribution in [-0.4, -0.2) is 26.4 Å². The Morgan fingerprint density at radius 1 is 1.40 bits per heavy atom. The zero-order chi connectivity index (χ0) is 21.3. The number of hydrogen-bond donors (Lipinski definition) is 1. The van der Waals surface area contributed by atoms with E-state index in [0.29, 0.717) is 21.6 Å². The second kappa shape index (κ2) is 8.62. The lowest BCUT2D eigenvalue weighted by molar-refractivity contribution is -0.113. The van der Waals surface area contributed by atoms with Crippen LogP contribution in [0.5, 0.6) is 0 Å². The van der Waals surface area contributed by atoms with E-state index in [0.717, 1.165) is 41.8 Å². The van der Waals surface area contributed by atoms with Gasteiger partial charge in [0.25, 0.3) is 0 Å². The first-order chi connectivity index (χ1) is 14.5. The number of nitrogens with one attached hydrogen (secondary N) is 1. The molecule has 8 heteroatoms. The molecular formula is C22H23N5OS2. The number of nitrogens with zero attached hydrogens (tertiary/aromatic N) is 4. The molecule has 1 N–H and O–H groups in total. The molecule has 30 heavy (non-hydrogen) atoms. The van der Waals surface area contributed by atoms with Gasteiger partial charge in [0.05, 0.1) is 11.3 Å². The molecule has 4 rings (SSSR count). The van der Waals surface area contributed by atoms with Gasteiger partial charge in [0.2, 0.25) is 5.91 Å². The van der Waals surface area contributed by atoms with E-state index in [9.17, 15) is 10.1 Å². The van der Waals surface area contributed by atoms with Crippen molar-refractivity contribution in [1.82, 2.24) is 14.8 Å². The van der Waals surface area contributed by atoms with E-state index < -0.39 is 0 Å². The van der Waals surface area contributed by atoms with Crippen molar-refractivity contribution in [2.45, 2.75) is 38.3 Å². The molecule has 3 aromatic rings. The summed E-state index contributed by atoms with van der Waals surface area (Å²) in [5.74, 6) is 1.48. The number of amides is 1. The minimum absolute atomic E-state index is 0.136. The predicted octanol–water partition coefficient (Wildman–Crippen LogP) is 4.58. The number of thiophene rings is 1. The maximum Gasteiger partial charge on any atom is 0.235 e. The van der Waals surface area contributed by atoms with E-state index >= 15 is 0 Å². The summed E-state index contributed by atoms with van der Waals surface area (Å²) in [4.78, 5) is 13.8. The van der Waals surface area contributed by atoms with Crippen LogP contribution in [0.3, 0.4) is 0 Å². The van der Waals surface area contributed by atoms with Gasteiger partial charge < -0.3 is 9.88 Å². The number of carbonyl (C=O) groups excluding carboxylic acids is 1. The summed E-state index contributed by atoms with van der Waals surface area (Å²) >= 11 is 2.89. The van der Waals surface area contributed by atoms with E-state index in [2.05, 4.69) is 28.5 Å². The summed E-state index contributed by atoms with van der Waals surface area (Å²) in [6.07, 6.45) is 3.00. The lowest BCUT2D eigenvalue weighted by atomic mass is 9.89. The zero-order valence-electron chi connectivity index (χ0n) is 17.2. The summed E-state index contributed by atoms with van der Waals surface area (Å²) in [7, 11) is 1.91. The van der Waals surface area contributed by atoms with Crippen LogP contribution in [0, 0.1) is 24.2 Å². The molecule has 0 saturated heterocycles. The molecule has 0 bridgehead atoms. The number of aryl methyl sites for hydroxylation is 1. The van der Waals surface area contributed by atoms with Crippen LogP contribution in [0.2, 0.25) is 0 Å². The third-order valence-electron chi connectivity index (χ3n) is 5.43. The Morgan fingerprint density at radius 3 is 2.97 bits per heavy atom. The Labute approximate surface area is 184 Å². The highest BCUT2D eigenvalue weighted by molar-refractivity contribution is 7.99. The van der Waals surface area contributed by atoms with Gasteiger partial charge in [0.1, 0.15) is 11.1 Å². The quantitative estimate of drug-likeness (QED) is 0.591. The van der Waals surface area contributed by atoms with Gasteiger partial charge in [-0.1, -0.05) is 43.0 Å². The molecule has 1 aromatic carbocycles. The van der Waals surface area contributed by atoms with Crippen LogP contribution in [0.4, 0.5) is 5.00 Å². The summed E-state index contributed by atoms with van der Waals surface area (Å²) < 4.78 is 1.91. The first-order valence-corrected chi connectivity index (χ1v) is 11.7. The number of anilines is 1. The molecule has 0 aliphatic heterocycles. The van der Waals surface area contributed by atoms with Crippen molar-refractivity contribution in [2.75, 3.05) is 11.1 Å². The van der Waals surface area contributed by atoms with Crippen LogP contribution < -0.4 is 5.32 Å². The molecule has 0 spiro atoms. The van der Waals surface area contributed by atoms with Crippen LogP contribution >= 0.6 is 23.1 Å². The fourth-order valence-corrected chi connectivity index (χ4v) is 5.84. The van der Waals surface area contributed by atoms with Crippen molar-refractivity contribution in [1.29, 1.82) is 5.26 Å². The second-order valence-corrected chi connectivity index (χ2v) is 9.73. The first kappa shape index (κ1) is 20.6. The predicted molar refractivity (Wildman–Crippen MR) is 121 cm³/mol. The summed E-state index contributed by atoms with van der Waals surface area (Å²) in [6, 6.07) is 10.3. The molecule has 2 heterocycles. The van der Waals surface area contributed by atoms with Gasteiger partial charge in [-0.25, -0.2) is 0 Å². The normalized spacial score (nSPS) is 15.5. The highest BCUT2D eigenvalue weighted by Gasteiger charge is 2.25. The standard InChI is InChI=1S/C22H23N5OS2/c1-13-8-9-16-17(11-23)21(30-18(16)10-13)24-19(28)12-29-22-26-25-20(27(22)3)15-7-5-4-6-14(15)2/h4-7,13H,8-10,12H2,1-3H3,(H,24,28)/t13-/m0/s1. The third kappa shape index (κ3) is 4.00. The number of benzene rings is 1. The van der Waals surface area contributed by atoms with Gasteiger partial charge in [-0.3, -0.25) is 4.79 Å². The summed E-state index contributed by atoms with van der Waals surface area (Å²) in [6.45, 7) is 4.27. The fourth-order valence-electron chi connectivity index (χ4n) is 3.75. The lowest BCUT2D eigenvalue weighted by Crippen LogP contribution is -2.14. The maximum atomic E-state index is 12.6. The third-order valence-corrected chi connectivity index (χ3v) is 7.62. The summed E-state index contributed by atoms with van der Waals surface area (Å²) in [5.41, 5.74) is 3.92. The SMILES string of the molecule is Cc1ccccc1-c1nnc(SCC(=O)Nc2sc3c(c2C#N)CC[C@H](C)C3)n1C. The van der Waals surface area contributed by atoms with Gasteiger partial charge in [0.15, 0.2) is 11.0 Å². The highest BCUT2D eigenvalue weighted by atomic mass is 32.2. The van der Waals surface area contributed by atoms with Crippen molar-refractivity contribution in [3.05, 3.63) is 45.8 Å². The van der Waals surface area contributed by atoms with Crippen molar-refractivity contribution in [3.63, 3.8) is 0 Å². The van der Waals surface area contributed by atoms with Crippen LogP contribution in [-0.2, 0) is 24.7 Å². The van der Waals surface area contributed by atoms with E-state index in [1.54, 1.807) is 11.3 Å². The monoisotopic (exact) mass is 437 g/mol. The molecule has 6 nitrogen and oxygen atoms in total. The molecule has 1 aliphatic carbocycles. The number of aromatic nitrogens is 3. The number of rotatable bonds is 5. The minimum Gasteiger partial charge on any atom is -0.316 e. The summed E-state index contributed by atoms with van der Waals surface area (Å²) in [5, 5.41) is 22.5. The largest absolute Gasteiger partial charge is 0.316 e. The maximum absolute atomic E-state index is 12.6. The molecule has 2 aromatic heterocycles. The van der Waals surface area contributed by atoms with Gasteiger partial charge in [-0.15, -0.1) is 21.5 Å². The van der Waals surface area contributed by atoms with Crippen LogP contribution in [0.25, 0.3) is 11.4 Å². The molecule has 1 aliphatic rings. The second-order valence-electron chi connectivity index (χ2n) is 7.68. The van der Waals surface area contributed by atoms with E-state index in [-0.39, 0.29) is 11.7 Å². The number of hydrogen-bond acceptors (Lipinski definition) is 6. The molecule has 0 radical (unpaired) electrons. The Balaban J connectivity index is 1.44. The van der Waals surface area contributed by atoms with Crippen molar-refractivity contribution in [2.24, 2.45) is 13.0 Å². The highest BCUT2D eigenvalue weighted by Crippen LogP contribution is 2.39. The molecule has 1 amide bonds. The Hall–Kier alpha value is -2.63. The number of thioether (sulfide) groups is 1. The van der Waals surface area contributed by atoms with E-state index in [1.165, 1.54) is 16.6 Å². The Bertz CT molecular complexity index is 1140. The van der Waals surface area contributed by atoms with Crippen molar-refractivity contribution < 1.29 is 4.79 Å². The van der Waals surface area contributed by atoms with Gasteiger partial charge in [-0.05, 0) is 43.2 Å². The average molecular weight is 438 g/mol. The number of carbonyl (C=O) groups is 1. The van der Waals surface area contributed by atoms with Gasteiger partial charge >= 0.3 is 0 Å². The van der Waals surface area contributed by atoms with E-state index in [4.69, 9.17) is 0 Å². The Morgan fingerprint density at radius 2 is 2.20 bits per heavy atom. The number of fused-ring (bicyclic) bond motifs is 1. The molecule has 0 saturated carbocycles. The molecule has 1 atom stereocenters. The van der Waals surface area contributed by atoms with Gasteiger partial charge in [0, 0.05) is 17.5 Å². The average Bonchev–Trinajstić information content (AvgIpc) is 3.25. The van der Waals surface area contributed by atoms with Crippen LogP contribution in [0.1, 0.15) is 34.9 Å². The smallest absolute Gasteiger partial charge is 0.235 e. The van der Waals surface area contributed by atoms with E-state index in [1.807, 2.05) is 42.8 Å². The molecule has 154 valence electrons. The van der Waals surface area contributed by atoms with Crippen molar-refractivity contribution in [3.8, 4) is 17.5 Å². The molecule has 0 unspecified atom stereocenters. The fraction of sp³-hybridized carbons (Fsp3) is 0.364. The van der Waals surface area contributed by atoms with Crippen molar-refractivity contribution >= 4 is 34.0 Å². The lowest BCUT2D eigenvalue weighted by Gasteiger charge is -2.17. The molecule has 0 fully saturated rings. The molecular weight excluding hydrogens is 414 g/mol.